The molecule has 0 atom stereocenters. The number of nitrogens with zero attached hydrogens (tertiary/aromatic N) is 2. The number of benzene rings is 5. The van der Waals surface area contributed by atoms with Gasteiger partial charge in [0.05, 0.1) is 59.0 Å². The molecule has 0 unspecified atom stereocenters. The molecule has 7 aromatic rings. The largest absolute Gasteiger partial charge is 0.497 e. The van der Waals surface area contributed by atoms with E-state index >= 15 is 0 Å². The first kappa shape index (κ1) is 40.0. The molecule has 7 rings (SSSR count). The van der Waals surface area contributed by atoms with Gasteiger partial charge in [-0.3, -0.25) is 9.59 Å². The van der Waals surface area contributed by atoms with E-state index in [1.165, 1.54) is 0 Å². The first-order chi connectivity index (χ1) is 28.8. The van der Waals surface area contributed by atoms with Crippen molar-refractivity contribution in [3.8, 4) is 67.8 Å². The fraction of sp³-hybridized carbons (Fsp3) is 0.191. The lowest BCUT2D eigenvalue weighted by Gasteiger charge is -2.09. The third-order valence-corrected chi connectivity index (χ3v) is 9.85. The van der Waals surface area contributed by atoms with E-state index in [0.717, 1.165) is 61.8 Å². The van der Waals surface area contributed by atoms with Crippen molar-refractivity contribution in [1.82, 2.24) is 20.9 Å². The molecule has 5 aromatic carbocycles. The number of hydrogen-bond donors (Lipinski definition) is 2. The van der Waals surface area contributed by atoms with Gasteiger partial charge in [-0.05, 0) is 95.1 Å². The maximum Gasteiger partial charge on any atom is 0.228 e. The predicted octanol–water partition coefficient (Wildman–Crippen LogP) is 8.13. The van der Waals surface area contributed by atoms with E-state index in [-0.39, 0.29) is 31.1 Å². The van der Waals surface area contributed by atoms with E-state index in [1.807, 2.05) is 121 Å². The van der Waals surface area contributed by atoms with Gasteiger partial charge in [0.15, 0.2) is 17.3 Å². The number of methoxy groups -OCH3 is 4. The van der Waals surface area contributed by atoms with E-state index in [2.05, 4.69) is 20.9 Å². The standard InChI is InChI=1S/C47H44N4O8/c1-54-37-17-9-32(10-18-37)44-41(58-50-46(44)34-13-21-39(56-3)22-14-34)25-36(52)29-48-27-30-5-7-31(8-6-30)28-49-43(53)26-42-45(33-11-19-38(55-2)20-12-33)47(51-59-42)35-15-23-40(57-4)24-16-35/h5-24,48H,25-29H2,1-4H3,(H,49,53). The monoisotopic (exact) mass is 792 g/mol. The zero-order valence-corrected chi connectivity index (χ0v) is 33.2. The van der Waals surface area contributed by atoms with E-state index in [1.54, 1.807) is 28.4 Å². The number of amides is 1. The molecule has 59 heavy (non-hydrogen) atoms. The molecule has 12 heteroatoms. The lowest BCUT2D eigenvalue weighted by Crippen LogP contribution is -2.25. The van der Waals surface area contributed by atoms with Crippen LogP contribution in [0.2, 0.25) is 0 Å². The number of carbonyl (C=O) groups is 2. The van der Waals surface area contributed by atoms with Crippen LogP contribution in [0.15, 0.2) is 130 Å². The summed E-state index contributed by atoms with van der Waals surface area (Å²) in [5.74, 6) is 3.57. The molecule has 0 radical (unpaired) electrons. The SMILES string of the molecule is COc1ccc(-c2noc(CC(=O)CNCc3ccc(CNC(=O)Cc4onc(-c5ccc(OC)cc5)c4-c4ccc(OC)cc4)cc3)c2-c2ccc(OC)cc2)cc1. The zero-order valence-electron chi connectivity index (χ0n) is 33.2. The van der Waals surface area contributed by atoms with Gasteiger partial charge in [-0.1, -0.05) is 58.8 Å². The number of nitrogens with one attached hydrogen (secondary N) is 2. The molecule has 0 aliphatic rings. The summed E-state index contributed by atoms with van der Waals surface area (Å²) in [5, 5.41) is 15.0. The first-order valence-corrected chi connectivity index (χ1v) is 19.0. The van der Waals surface area contributed by atoms with E-state index in [4.69, 9.17) is 28.0 Å². The van der Waals surface area contributed by atoms with Crippen molar-refractivity contribution < 1.29 is 37.6 Å². The quantitative estimate of drug-likeness (QED) is 0.0869. The Balaban J connectivity index is 0.943. The highest BCUT2D eigenvalue weighted by molar-refractivity contribution is 5.89. The van der Waals surface area contributed by atoms with Crippen LogP contribution in [0.5, 0.6) is 23.0 Å². The van der Waals surface area contributed by atoms with E-state index in [0.29, 0.717) is 41.7 Å². The average molecular weight is 793 g/mol. The number of Topliss-reactive ketones (excluding diaryl/α,β-unsaturated/α-hetero) is 1. The summed E-state index contributed by atoms with van der Waals surface area (Å²) in [6.07, 6.45) is 0.0631. The maximum absolute atomic E-state index is 13.2. The normalized spacial score (nSPS) is 10.9. The fourth-order valence-electron chi connectivity index (χ4n) is 6.66. The van der Waals surface area contributed by atoms with E-state index < -0.39 is 0 Å². The van der Waals surface area contributed by atoms with Gasteiger partial charge in [0.25, 0.3) is 0 Å². The molecule has 300 valence electrons. The Hall–Kier alpha value is -7.18. The van der Waals surface area contributed by atoms with Gasteiger partial charge in [-0.25, -0.2) is 0 Å². The molecule has 2 heterocycles. The van der Waals surface area contributed by atoms with Crippen LogP contribution in [0, 0.1) is 0 Å². The Labute approximate surface area is 342 Å². The Kier molecular flexibility index (Phi) is 12.8. The number of hydrogen-bond acceptors (Lipinski definition) is 11. The molecule has 0 saturated heterocycles. The molecular weight excluding hydrogens is 749 g/mol. The molecule has 0 fully saturated rings. The molecule has 0 saturated carbocycles. The molecule has 0 bridgehead atoms. The highest BCUT2D eigenvalue weighted by Gasteiger charge is 2.23. The van der Waals surface area contributed by atoms with Gasteiger partial charge in [0.2, 0.25) is 5.91 Å². The van der Waals surface area contributed by atoms with Crippen LogP contribution < -0.4 is 29.6 Å². The Morgan fingerprint density at radius 2 is 0.864 bits per heavy atom. The second kappa shape index (κ2) is 18.8. The van der Waals surface area contributed by atoms with Crippen molar-refractivity contribution in [2.45, 2.75) is 25.9 Å². The summed E-state index contributed by atoms with van der Waals surface area (Å²) in [4.78, 5) is 26.5. The Morgan fingerprint density at radius 3 is 1.27 bits per heavy atom. The minimum Gasteiger partial charge on any atom is -0.497 e. The number of ketones is 1. The summed E-state index contributed by atoms with van der Waals surface area (Å²) in [6, 6.07) is 38.1. The van der Waals surface area contributed by atoms with Gasteiger partial charge in [0, 0.05) is 24.2 Å². The number of carbonyl (C=O) groups excluding carboxylic acids is 2. The molecule has 0 aliphatic heterocycles. The maximum atomic E-state index is 13.2. The highest BCUT2D eigenvalue weighted by atomic mass is 16.5. The lowest BCUT2D eigenvalue weighted by atomic mass is 9.97. The fourth-order valence-corrected chi connectivity index (χ4v) is 6.66. The topological polar surface area (TPSA) is 147 Å². The Bertz CT molecular complexity index is 2470. The molecule has 2 aromatic heterocycles. The van der Waals surface area contributed by atoms with E-state index in [9.17, 15) is 9.59 Å². The number of aromatic nitrogens is 2. The Morgan fingerprint density at radius 1 is 0.492 bits per heavy atom. The van der Waals surface area contributed by atoms with Gasteiger partial charge >= 0.3 is 0 Å². The van der Waals surface area contributed by atoms with Crippen LogP contribution in [0.25, 0.3) is 44.8 Å². The second-order valence-corrected chi connectivity index (χ2v) is 13.7. The predicted molar refractivity (Wildman–Crippen MR) is 223 cm³/mol. The van der Waals surface area contributed by atoms with Crippen molar-refractivity contribution in [2.75, 3.05) is 35.0 Å². The third-order valence-electron chi connectivity index (χ3n) is 9.85. The van der Waals surface area contributed by atoms with Crippen molar-refractivity contribution in [3.05, 3.63) is 144 Å². The number of rotatable bonds is 18. The van der Waals surface area contributed by atoms with Gasteiger partial charge in [-0.15, -0.1) is 0 Å². The molecular formula is C47H44N4O8. The summed E-state index contributed by atoms with van der Waals surface area (Å²) in [6.45, 7) is 0.945. The van der Waals surface area contributed by atoms with Crippen molar-refractivity contribution in [1.29, 1.82) is 0 Å². The summed E-state index contributed by atoms with van der Waals surface area (Å²) >= 11 is 0. The molecule has 2 N–H and O–H groups in total. The van der Waals surface area contributed by atoms with Gasteiger partial charge in [-0.2, -0.15) is 0 Å². The molecule has 0 spiro atoms. The van der Waals surface area contributed by atoms with Gasteiger partial charge < -0.3 is 38.6 Å². The van der Waals surface area contributed by atoms with Crippen LogP contribution in [0.3, 0.4) is 0 Å². The molecule has 0 aliphatic carbocycles. The van der Waals surface area contributed by atoms with Crippen LogP contribution in [0.4, 0.5) is 0 Å². The zero-order chi connectivity index (χ0) is 41.1. The van der Waals surface area contributed by atoms with Gasteiger partial charge in [0.1, 0.15) is 34.4 Å². The van der Waals surface area contributed by atoms with Crippen molar-refractivity contribution in [2.24, 2.45) is 0 Å². The smallest absolute Gasteiger partial charge is 0.228 e. The van der Waals surface area contributed by atoms with Crippen LogP contribution in [-0.2, 0) is 35.5 Å². The minimum atomic E-state index is -0.209. The highest BCUT2D eigenvalue weighted by Crippen LogP contribution is 2.38. The van der Waals surface area contributed by atoms with Crippen LogP contribution in [0.1, 0.15) is 22.6 Å². The molecule has 1 amide bonds. The number of ether oxygens (including phenoxy) is 4. The average Bonchev–Trinajstić information content (AvgIpc) is 3.90. The second-order valence-electron chi connectivity index (χ2n) is 13.7. The summed E-state index contributed by atoms with van der Waals surface area (Å²) in [7, 11) is 6.46. The lowest BCUT2D eigenvalue weighted by molar-refractivity contribution is -0.121. The van der Waals surface area contributed by atoms with Crippen LogP contribution >= 0.6 is 0 Å². The minimum absolute atomic E-state index is 0.000990. The third kappa shape index (κ3) is 9.69. The van der Waals surface area contributed by atoms with Crippen molar-refractivity contribution in [3.63, 3.8) is 0 Å². The van der Waals surface area contributed by atoms with Crippen molar-refractivity contribution >= 4 is 11.7 Å². The summed E-state index contributed by atoms with van der Waals surface area (Å²) in [5.41, 5.74) is 8.06. The molecule has 12 nitrogen and oxygen atoms in total. The summed E-state index contributed by atoms with van der Waals surface area (Å²) < 4.78 is 32.9. The first-order valence-electron chi connectivity index (χ1n) is 19.0. The van der Waals surface area contributed by atoms with Crippen LogP contribution in [-0.4, -0.2) is 57.0 Å².